The van der Waals surface area contributed by atoms with Crippen LogP contribution in [0.4, 0.5) is 0 Å². The molecule has 4 heteroatoms. The first-order chi connectivity index (χ1) is 8.35. The van der Waals surface area contributed by atoms with Crippen molar-refractivity contribution in [1.82, 2.24) is 9.80 Å². The Balaban J connectivity index is 2.50. The van der Waals surface area contributed by atoms with E-state index < -0.39 is 0 Å². The predicted octanol–water partition coefficient (Wildman–Crippen LogP) is 1.15. The second-order valence-electron chi connectivity index (χ2n) is 6.33. The number of likely N-dealkylation sites (N-methyl/N-ethyl adjacent to an activating group) is 2. The number of rotatable bonds is 5. The molecule has 2 unspecified atom stereocenters. The van der Waals surface area contributed by atoms with Gasteiger partial charge in [0.25, 0.3) is 0 Å². The average Bonchev–Trinajstić information content (AvgIpc) is 2.48. The Bertz CT molecular complexity index is 245. The maximum Gasteiger partial charge on any atom is 0.0623 e. The molecule has 1 aliphatic heterocycles. The van der Waals surface area contributed by atoms with Crippen molar-refractivity contribution >= 4 is 0 Å². The van der Waals surface area contributed by atoms with Crippen LogP contribution in [0.2, 0.25) is 0 Å². The van der Waals surface area contributed by atoms with Gasteiger partial charge in [-0.3, -0.25) is 0 Å². The van der Waals surface area contributed by atoms with Crippen molar-refractivity contribution in [1.29, 1.82) is 0 Å². The monoisotopic (exact) mass is 257 g/mol. The zero-order valence-electron chi connectivity index (χ0n) is 12.8. The maximum atomic E-state index is 6.41. The van der Waals surface area contributed by atoms with Crippen molar-refractivity contribution in [2.75, 3.05) is 40.8 Å². The van der Waals surface area contributed by atoms with Crippen LogP contribution in [0.5, 0.6) is 0 Å². The van der Waals surface area contributed by atoms with Gasteiger partial charge in [-0.25, -0.2) is 0 Å². The molecule has 0 aromatic rings. The largest absolute Gasteiger partial charge is 0.379 e. The number of ether oxygens (including phenoxy) is 1. The van der Waals surface area contributed by atoms with E-state index in [1.165, 1.54) is 13.0 Å². The quantitative estimate of drug-likeness (QED) is 0.802. The molecular formula is C14H31N3O. The molecule has 0 amide bonds. The first-order valence-electron chi connectivity index (χ1n) is 7.05. The molecule has 2 atom stereocenters. The summed E-state index contributed by atoms with van der Waals surface area (Å²) in [5.41, 5.74) is 6.35. The zero-order chi connectivity index (χ0) is 13.8. The Labute approximate surface area is 112 Å². The van der Waals surface area contributed by atoms with E-state index in [1.807, 2.05) is 0 Å². The van der Waals surface area contributed by atoms with Gasteiger partial charge in [0.2, 0.25) is 0 Å². The fourth-order valence-corrected chi connectivity index (χ4v) is 2.58. The van der Waals surface area contributed by atoms with E-state index in [0.29, 0.717) is 6.04 Å². The number of nitrogens with two attached hydrogens (primary N) is 1. The maximum absolute atomic E-state index is 6.41. The molecule has 4 nitrogen and oxygen atoms in total. The second kappa shape index (κ2) is 6.85. The van der Waals surface area contributed by atoms with E-state index in [-0.39, 0.29) is 11.6 Å². The lowest BCUT2D eigenvalue weighted by Crippen LogP contribution is -2.50. The predicted molar refractivity (Wildman–Crippen MR) is 76.8 cm³/mol. The van der Waals surface area contributed by atoms with Crippen molar-refractivity contribution in [3.8, 4) is 0 Å². The van der Waals surface area contributed by atoms with Crippen molar-refractivity contribution in [3.05, 3.63) is 0 Å². The SMILES string of the molecule is COC(C)(C)CCC(N)C1CN(C)CCCN1C. The third kappa shape index (κ3) is 4.84. The lowest BCUT2D eigenvalue weighted by Gasteiger charge is -2.34. The second-order valence-corrected chi connectivity index (χ2v) is 6.33. The molecule has 1 heterocycles. The molecule has 0 bridgehead atoms. The van der Waals surface area contributed by atoms with E-state index >= 15 is 0 Å². The minimum atomic E-state index is -0.0627. The normalized spacial score (nSPS) is 26.0. The van der Waals surface area contributed by atoms with E-state index in [1.54, 1.807) is 7.11 Å². The van der Waals surface area contributed by atoms with Crippen LogP contribution in [0, 0.1) is 0 Å². The van der Waals surface area contributed by atoms with Gasteiger partial charge < -0.3 is 20.3 Å². The first-order valence-corrected chi connectivity index (χ1v) is 7.05. The van der Waals surface area contributed by atoms with E-state index in [4.69, 9.17) is 10.5 Å². The summed E-state index contributed by atoms with van der Waals surface area (Å²) in [5, 5.41) is 0. The summed E-state index contributed by atoms with van der Waals surface area (Å²) in [6.07, 6.45) is 3.27. The minimum Gasteiger partial charge on any atom is -0.379 e. The van der Waals surface area contributed by atoms with Crippen LogP contribution in [0.25, 0.3) is 0 Å². The average molecular weight is 257 g/mol. The Morgan fingerprint density at radius 1 is 1.33 bits per heavy atom. The Kier molecular flexibility index (Phi) is 6.05. The van der Waals surface area contributed by atoms with Crippen LogP contribution < -0.4 is 5.73 Å². The minimum absolute atomic E-state index is 0.0627. The molecule has 0 aromatic heterocycles. The fourth-order valence-electron chi connectivity index (χ4n) is 2.58. The van der Waals surface area contributed by atoms with Gasteiger partial charge in [0, 0.05) is 25.7 Å². The molecule has 0 spiro atoms. The van der Waals surface area contributed by atoms with Gasteiger partial charge in [0.15, 0.2) is 0 Å². The van der Waals surface area contributed by atoms with Crippen LogP contribution in [-0.2, 0) is 4.74 Å². The highest BCUT2D eigenvalue weighted by Crippen LogP contribution is 2.19. The van der Waals surface area contributed by atoms with Crippen molar-refractivity contribution in [3.63, 3.8) is 0 Å². The molecule has 1 saturated heterocycles. The van der Waals surface area contributed by atoms with Gasteiger partial charge in [0.05, 0.1) is 5.60 Å². The molecular weight excluding hydrogens is 226 g/mol. The van der Waals surface area contributed by atoms with Gasteiger partial charge in [-0.2, -0.15) is 0 Å². The third-order valence-electron chi connectivity index (χ3n) is 4.24. The number of methoxy groups -OCH3 is 1. The van der Waals surface area contributed by atoms with Crippen molar-refractivity contribution in [2.45, 2.75) is 50.8 Å². The van der Waals surface area contributed by atoms with Crippen molar-refractivity contribution in [2.24, 2.45) is 5.73 Å². The summed E-state index contributed by atoms with van der Waals surface area (Å²) in [6.45, 7) is 7.66. The number of nitrogens with zero attached hydrogens (tertiary/aromatic N) is 2. The van der Waals surface area contributed by atoms with Crippen LogP contribution in [0.15, 0.2) is 0 Å². The Hall–Kier alpha value is -0.160. The van der Waals surface area contributed by atoms with E-state index in [0.717, 1.165) is 25.9 Å². The zero-order valence-corrected chi connectivity index (χ0v) is 12.8. The van der Waals surface area contributed by atoms with E-state index in [9.17, 15) is 0 Å². The van der Waals surface area contributed by atoms with E-state index in [2.05, 4.69) is 37.7 Å². The molecule has 1 fully saturated rings. The summed E-state index contributed by atoms with van der Waals surface area (Å²) < 4.78 is 5.47. The number of hydrogen-bond acceptors (Lipinski definition) is 4. The summed E-state index contributed by atoms with van der Waals surface area (Å²) in [7, 11) is 6.17. The summed E-state index contributed by atoms with van der Waals surface area (Å²) in [4.78, 5) is 4.82. The summed E-state index contributed by atoms with van der Waals surface area (Å²) >= 11 is 0. The first kappa shape index (κ1) is 15.9. The smallest absolute Gasteiger partial charge is 0.0623 e. The molecule has 0 saturated carbocycles. The van der Waals surface area contributed by atoms with Crippen LogP contribution in [-0.4, -0.2) is 68.3 Å². The van der Waals surface area contributed by atoms with Gasteiger partial charge >= 0.3 is 0 Å². The Morgan fingerprint density at radius 3 is 2.61 bits per heavy atom. The fraction of sp³-hybridized carbons (Fsp3) is 1.00. The van der Waals surface area contributed by atoms with Crippen molar-refractivity contribution < 1.29 is 4.74 Å². The molecule has 2 N–H and O–H groups in total. The van der Waals surface area contributed by atoms with Gasteiger partial charge in [0.1, 0.15) is 0 Å². The topological polar surface area (TPSA) is 41.7 Å². The van der Waals surface area contributed by atoms with Crippen LogP contribution in [0.3, 0.4) is 0 Å². The highest BCUT2D eigenvalue weighted by molar-refractivity contribution is 4.86. The summed E-state index contributed by atoms with van der Waals surface area (Å²) in [6, 6.07) is 0.690. The number of hydrogen-bond donors (Lipinski definition) is 1. The molecule has 1 aliphatic rings. The lowest BCUT2D eigenvalue weighted by molar-refractivity contribution is 0.0102. The Morgan fingerprint density at radius 2 is 2.00 bits per heavy atom. The lowest BCUT2D eigenvalue weighted by atomic mass is 9.95. The van der Waals surface area contributed by atoms with Gasteiger partial charge in [-0.15, -0.1) is 0 Å². The van der Waals surface area contributed by atoms with Crippen LogP contribution in [0.1, 0.15) is 33.1 Å². The molecule has 18 heavy (non-hydrogen) atoms. The molecule has 1 rings (SSSR count). The summed E-state index contributed by atoms with van der Waals surface area (Å²) in [5.74, 6) is 0. The van der Waals surface area contributed by atoms with Gasteiger partial charge in [-0.1, -0.05) is 0 Å². The molecule has 0 radical (unpaired) electrons. The molecule has 108 valence electrons. The molecule has 0 aromatic carbocycles. The highest BCUT2D eigenvalue weighted by atomic mass is 16.5. The van der Waals surface area contributed by atoms with Crippen LogP contribution >= 0.6 is 0 Å². The van der Waals surface area contributed by atoms with Gasteiger partial charge in [-0.05, 0) is 60.3 Å². The standard InChI is InChI=1S/C14H31N3O/c1-14(2,18-5)8-7-12(15)13-11-16(3)9-6-10-17(13)4/h12-13H,6-11,15H2,1-5H3. The third-order valence-corrected chi connectivity index (χ3v) is 4.24. The molecule has 0 aliphatic carbocycles. The highest BCUT2D eigenvalue weighted by Gasteiger charge is 2.27.